The summed E-state index contributed by atoms with van der Waals surface area (Å²) in [7, 11) is 1.23. The Hall–Kier alpha value is -1.54. The van der Waals surface area contributed by atoms with E-state index in [9.17, 15) is 19.4 Å². The van der Waals surface area contributed by atoms with E-state index >= 15 is 0 Å². The van der Waals surface area contributed by atoms with E-state index in [1.165, 1.54) is 161 Å². The van der Waals surface area contributed by atoms with E-state index in [1.54, 1.807) is 6.08 Å². The van der Waals surface area contributed by atoms with E-state index in [0.717, 1.165) is 51.4 Å². The van der Waals surface area contributed by atoms with Crippen LogP contribution in [0.2, 0.25) is 0 Å². The number of aliphatic hydroxyl groups excluding tert-OH is 1. The minimum atomic E-state index is -4.60. The fourth-order valence-corrected chi connectivity index (χ4v) is 8.09. The molecule has 0 aromatic rings. The van der Waals surface area contributed by atoms with Gasteiger partial charge in [0.05, 0.1) is 39.9 Å². The summed E-state index contributed by atoms with van der Waals surface area (Å²) in [6.07, 6.45) is 57.7. The summed E-state index contributed by atoms with van der Waals surface area (Å²) >= 11 is 0. The number of quaternary nitrogens is 1. The molecule has 62 heavy (non-hydrogen) atoms. The molecular weight excluding hydrogens is 792 g/mol. The number of hydrogen-bond acceptors (Lipinski definition) is 6. The molecule has 0 bridgehead atoms. The van der Waals surface area contributed by atoms with Crippen LogP contribution in [0.3, 0.4) is 0 Å². The molecule has 0 spiro atoms. The van der Waals surface area contributed by atoms with Crippen LogP contribution in [0.25, 0.3) is 0 Å². The number of carbonyl (C=O) groups excluding carboxylic acids is 1. The molecule has 0 aliphatic heterocycles. The van der Waals surface area contributed by atoms with Crippen LogP contribution >= 0.6 is 7.82 Å². The molecular formula is C53H101N2O6P. The monoisotopic (exact) mass is 893 g/mol. The Morgan fingerprint density at radius 2 is 0.935 bits per heavy atom. The molecule has 0 saturated carbocycles. The lowest BCUT2D eigenvalue weighted by Crippen LogP contribution is -2.45. The fourth-order valence-electron chi connectivity index (χ4n) is 7.36. The lowest BCUT2D eigenvalue weighted by atomic mass is 10.0. The maximum absolute atomic E-state index is 12.9. The number of unbranched alkanes of at least 4 members (excludes halogenated alkanes) is 28. The Morgan fingerprint density at radius 1 is 0.548 bits per heavy atom. The van der Waals surface area contributed by atoms with Crippen LogP contribution in [-0.2, 0) is 18.4 Å². The number of nitrogens with zero attached hydrogens (tertiary/aromatic N) is 1. The van der Waals surface area contributed by atoms with Gasteiger partial charge < -0.3 is 28.8 Å². The molecule has 0 rings (SSSR count). The highest BCUT2D eigenvalue weighted by molar-refractivity contribution is 7.45. The molecule has 0 radical (unpaired) electrons. The van der Waals surface area contributed by atoms with Gasteiger partial charge in [-0.2, -0.15) is 0 Å². The lowest BCUT2D eigenvalue weighted by molar-refractivity contribution is -0.870. The van der Waals surface area contributed by atoms with Gasteiger partial charge >= 0.3 is 0 Å². The standard InChI is InChI=1S/C53H101N2O6P/c1-6-8-10-12-14-16-18-19-20-21-22-23-24-25-26-27-28-29-30-31-32-33-34-35-37-39-41-43-45-47-53(57)54-51(50-61-62(58,59)60-49-48-55(3,4)5)52(56)46-44-42-40-38-36-17-15-13-11-9-7-2/h11,13,25-26,36,38,44,46,51-52,56H,6-10,12,14-24,27-35,37,39-43,45,47-50H2,1-5H3,(H-,54,57,58,59)/b13-11+,26-25-,38-36+,46-44+. The Morgan fingerprint density at radius 3 is 1.37 bits per heavy atom. The lowest BCUT2D eigenvalue weighted by Gasteiger charge is -2.29. The first kappa shape index (κ1) is 60.5. The molecule has 0 aliphatic rings. The zero-order chi connectivity index (χ0) is 45.7. The Balaban J connectivity index is 4.09. The van der Waals surface area contributed by atoms with Crippen molar-refractivity contribution in [1.82, 2.24) is 5.32 Å². The predicted octanol–water partition coefficient (Wildman–Crippen LogP) is 14.6. The molecule has 3 unspecified atom stereocenters. The maximum atomic E-state index is 12.9. The first-order valence-electron chi connectivity index (χ1n) is 26.0. The third kappa shape index (κ3) is 46.5. The highest BCUT2D eigenvalue weighted by atomic mass is 31.2. The van der Waals surface area contributed by atoms with E-state index in [4.69, 9.17) is 9.05 Å². The minimum Gasteiger partial charge on any atom is -0.756 e. The second-order valence-electron chi connectivity index (χ2n) is 18.9. The van der Waals surface area contributed by atoms with Crippen molar-refractivity contribution < 1.29 is 32.9 Å². The zero-order valence-corrected chi connectivity index (χ0v) is 42.2. The number of carbonyl (C=O) groups is 1. The number of phosphoric ester groups is 1. The number of allylic oxidation sites excluding steroid dienone is 7. The van der Waals surface area contributed by atoms with Gasteiger partial charge in [-0.1, -0.05) is 210 Å². The van der Waals surface area contributed by atoms with Gasteiger partial charge in [-0.15, -0.1) is 0 Å². The normalized spacial score (nSPS) is 14.5. The predicted molar refractivity (Wildman–Crippen MR) is 265 cm³/mol. The SMILES string of the molecule is CCC/C=C/CC/C=C/CC/C=C/C(O)C(COP(=O)([O-])OCC[N+](C)(C)C)NC(=O)CCCCCCCCCCCCCCC/C=C\CCCCCCCCCCCCCC. The van der Waals surface area contributed by atoms with Gasteiger partial charge in [0.15, 0.2) is 0 Å². The van der Waals surface area contributed by atoms with Gasteiger partial charge in [0.1, 0.15) is 13.2 Å². The number of rotatable bonds is 47. The Bertz CT molecular complexity index is 1150. The number of amides is 1. The summed E-state index contributed by atoms with van der Waals surface area (Å²) in [4.78, 5) is 25.3. The van der Waals surface area contributed by atoms with Crippen molar-refractivity contribution in [2.45, 2.75) is 244 Å². The largest absolute Gasteiger partial charge is 0.756 e. The Kier molecular flexibility index (Phi) is 43.5. The first-order chi connectivity index (χ1) is 30.0. The molecule has 0 aliphatic carbocycles. The van der Waals surface area contributed by atoms with Crippen LogP contribution in [0.4, 0.5) is 0 Å². The number of likely N-dealkylation sites (N-methyl/N-ethyl adjacent to an activating group) is 1. The molecule has 3 atom stereocenters. The number of nitrogens with one attached hydrogen (secondary N) is 1. The van der Waals surface area contributed by atoms with Crippen LogP contribution in [-0.4, -0.2) is 68.5 Å². The second-order valence-corrected chi connectivity index (χ2v) is 20.3. The summed E-state index contributed by atoms with van der Waals surface area (Å²) in [5.74, 6) is -0.213. The number of phosphoric acid groups is 1. The maximum Gasteiger partial charge on any atom is 0.268 e. The van der Waals surface area contributed by atoms with Crippen LogP contribution in [0.5, 0.6) is 0 Å². The smallest absolute Gasteiger partial charge is 0.268 e. The molecule has 2 N–H and O–H groups in total. The third-order valence-corrected chi connectivity index (χ3v) is 12.4. The average Bonchev–Trinajstić information content (AvgIpc) is 3.23. The van der Waals surface area contributed by atoms with E-state index < -0.39 is 26.6 Å². The summed E-state index contributed by atoms with van der Waals surface area (Å²) in [5, 5.41) is 13.7. The summed E-state index contributed by atoms with van der Waals surface area (Å²) < 4.78 is 23.2. The molecule has 0 aromatic carbocycles. The number of aliphatic hydroxyl groups is 1. The first-order valence-corrected chi connectivity index (χ1v) is 27.5. The van der Waals surface area contributed by atoms with Crippen molar-refractivity contribution in [3.05, 3.63) is 48.6 Å². The highest BCUT2D eigenvalue weighted by Crippen LogP contribution is 2.38. The van der Waals surface area contributed by atoms with E-state index in [-0.39, 0.29) is 12.5 Å². The number of hydrogen-bond donors (Lipinski definition) is 2. The van der Waals surface area contributed by atoms with E-state index in [1.807, 2.05) is 27.2 Å². The quantitative estimate of drug-likeness (QED) is 0.0273. The topological polar surface area (TPSA) is 108 Å². The molecule has 9 heteroatoms. The molecule has 0 heterocycles. The molecule has 0 aromatic heterocycles. The Labute approximate surface area is 384 Å². The molecule has 0 fully saturated rings. The highest BCUT2D eigenvalue weighted by Gasteiger charge is 2.23. The molecule has 8 nitrogen and oxygen atoms in total. The fraction of sp³-hybridized carbons (Fsp3) is 0.830. The van der Waals surface area contributed by atoms with Crippen molar-refractivity contribution >= 4 is 13.7 Å². The van der Waals surface area contributed by atoms with Crippen LogP contribution in [0, 0.1) is 0 Å². The molecule has 364 valence electrons. The summed E-state index contributed by atoms with van der Waals surface area (Å²) in [6, 6.07) is -0.908. The second kappa shape index (κ2) is 44.7. The molecule has 1 amide bonds. The van der Waals surface area contributed by atoms with Gasteiger partial charge in [-0.3, -0.25) is 9.36 Å². The van der Waals surface area contributed by atoms with Crippen LogP contribution in [0.15, 0.2) is 48.6 Å². The molecule has 0 saturated heterocycles. The van der Waals surface area contributed by atoms with E-state index in [0.29, 0.717) is 17.4 Å². The average molecular weight is 893 g/mol. The zero-order valence-electron chi connectivity index (χ0n) is 41.3. The van der Waals surface area contributed by atoms with Crippen molar-refractivity contribution in [1.29, 1.82) is 0 Å². The van der Waals surface area contributed by atoms with Gasteiger partial charge in [0.25, 0.3) is 7.82 Å². The van der Waals surface area contributed by atoms with Gasteiger partial charge in [-0.25, -0.2) is 0 Å². The van der Waals surface area contributed by atoms with Crippen molar-refractivity contribution in [3.63, 3.8) is 0 Å². The van der Waals surface area contributed by atoms with Crippen molar-refractivity contribution in [2.75, 3.05) is 40.9 Å². The van der Waals surface area contributed by atoms with Gasteiger partial charge in [0.2, 0.25) is 5.91 Å². The van der Waals surface area contributed by atoms with E-state index in [2.05, 4.69) is 55.6 Å². The van der Waals surface area contributed by atoms with Gasteiger partial charge in [0, 0.05) is 6.42 Å². The summed E-state index contributed by atoms with van der Waals surface area (Å²) in [5.41, 5.74) is 0. The van der Waals surface area contributed by atoms with Crippen molar-refractivity contribution in [3.8, 4) is 0 Å². The van der Waals surface area contributed by atoms with Crippen LogP contribution in [0.1, 0.15) is 232 Å². The summed E-state index contributed by atoms with van der Waals surface area (Å²) in [6.45, 7) is 4.55. The third-order valence-electron chi connectivity index (χ3n) is 11.5. The minimum absolute atomic E-state index is 0.00963. The van der Waals surface area contributed by atoms with Crippen molar-refractivity contribution in [2.24, 2.45) is 0 Å². The van der Waals surface area contributed by atoms with Gasteiger partial charge in [-0.05, 0) is 64.2 Å². The van der Waals surface area contributed by atoms with Crippen LogP contribution < -0.4 is 10.2 Å².